The molecule has 0 aromatic heterocycles. The molecule has 0 saturated heterocycles. The summed E-state index contributed by atoms with van der Waals surface area (Å²) in [5.74, 6) is -0.715. The number of carbonyl (C=O) groups is 1. The Morgan fingerprint density at radius 3 is 2.38 bits per heavy atom. The van der Waals surface area contributed by atoms with Crippen LogP contribution in [0, 0.1) is 0 Å². The van der Waals surface area contributed by atoms with E-state index in [1.54, 1.807) is 0 Å². The van der Waals surface area contributed by atoms with Crippen LogP contribution in [0.1, 0.15) is 6.92 Å². The van der Waals surface area contributed by atoms with Gasteiger partial charge in [-0.2, -0.15) is 4.94 Å². The molecule has 0 rings (SSSR count). The summed E-state index contributed by atoms with van der Waals surface area (Å²) in [6.07, 6.45) is -1.11. The second-order valence-corrected chi connectivity index (χ2v) is 1.25. The summed E-state index contributed by atoms with van der Waals surface area (Å²) in [4.78, 5) is 13.3. The molecule has 0 heterocycles. The third-order valence-electron chi connectivity index (χ3n) is 0.667. The molecule has 0 saturated carbocycles. The van der Waals surface area contributed by atoms with E-state index in [1.165, 1.54) is 6.92 Å². The zero-order chi connectivity index (χ0) is 6.57. The van der Waals surface area contributed by atoms with E-state index in [9.17, 15) is 9.32 Å². The summed E-state index contributed by atoms with van der Waals surface area (Å²) in [5, 5.41) is 0. The van der Waals surface area contributed by atoms with Crippen LogP contribution >= 0.6 is 0 Å². The Labute approximate surface area is 46.3 Å². The van der Waals surface area contributed by atoms with E-state index < -0.39 is 12.1 Å². The highest BCUT2D eigenvalue weighted by Gasteiger charge is 2.12. The number of hydrogen-bond donors (Lipinski definition) is 0. The predicted octanol–water partition coefficient (Wildman–Crippen LogP) is 0.449. The summed E-state index contributed by atoms with van der Waals surface area (Å²) < 4.78 is 15.1. The van der Waals surface area contributed by atoms with Crippen LogP contribution in [0.2, 0.25) is 0 Å². The van der Waals surface area contributed by atoms with Gasteiger partial charge in [0.2, 0.25) is 0 Å². The number of esters is 1. The zero-order valence-electron chi connectivity index (χ0n) is 4.68. The molecule has 1 unspecified atom stereocenters. The SMILES string of the molecule is COC(=O)C(C)OF. The van der Waals surface area contributed by atoms with Crippen molar-refractivity contribution in [1.82, 2.24) is 0 Å². The quantitative estimate of drug-likeness (QED) is 0.499. The van der Waals surface area contributed by atoms with Gasteiger partial charge in [-0.05, 0) is 11.4 Å². The van der Waals surface area contributed by atoms with Crippen molar-refractivity contribution >= 4 is 5.97 Å². The minimum absolute atomic E-state index is 0.715. The van der Waals surface area contributed by atoms with Gasteiger partial charge in [-0.1, -0.05) is 0 Å². The Balaban J connectivity index is 3.46. The molecule has 0 aromatic carbocycles. The summed E-state index contributed by atoms with van der Waals surface area (Å²) in [6.45, 7) is 1.26. The molecule has 3 nitrogen and oxygen atoms in total. The zero-order valence-corrected chi connectivity index (χ0v) is 4.68. The lowest BCUT2D eigenvalue weighted by atomic mass is 10.4. The van der Waals surface area contributed by atoms with Gasteiger partial charge in [0, 0.05) is 0 Å². The van der Waals surface area contributed by atoms with Crippen molar-refractivity contribution in [3.8, 4) is 0 Å². The average Bonchev–Trinajstić information content (AvgIpc) is 1.84. The number of hydrogen-bond acceptors (Lipinski definition) is 3. The maximum absolute atomic E-state index is 11.0. The predicted molar refractivity (Wildman–Crippen MR) is 23.7 cm³/mol. The van der Waals surface area contributed by atoms with Gasteiger partial charge < -0.3 is 4.74 Å². The van der Waals surface area contributed by atoms with Crippen molar-refractivity contribution in [3.63, 3.8) is 0 Å². The first kappa shape index (κ1) is 7.36. The van der Waals surface area contributed by atoms with Crippen LogP contribution in [-0.2, 0) is 14.5 Å². The third kappa shape index (κ3) is 1.88. The van der Waals surface area contributed by atoms with Gasteiger partial charge in [-0.3, -0.25) is 0 Å². The van der Waals surface area contributed by atoms with Crippen molar-refractivity contribution in [2.45, 2.75) is 13.0 Å². The fourth-order valence-corrected chi connectivity index (χ4v) is 0.202. The van der Waals surface area contributed by atoms with E-state index in [0.717, 1.165) is 7.11 Å². The molecular weight excluding hydrogens is 115 g/mol. The van der Waals surface area contributed by atoms with E-state index in [2.05, 4.69) is 9.68 Å². The maximum atomic E-state index is 11.0. The number of rotatable bonds is 2. The van der Waals surface area contributed by atoms with E-state index in [-0.39, 0.29) is 0 Å². The minimum Gasteiger partial charge on any atom is -0.467 e. The minimum atomic E-state index is -1.11. The highest BCUT2D eigenvalue weighted by molar-refractivity contribution is 5.73. The van der Waals surface area contributed by atoms with Gasteiger partial charge >= 0.3 is 5.97 Å². The molecule has 0 aromatic rings. The Hall–Kier alpha value is -0.640. The maximum Gasteiger partial charge on any atom is 0.338 e. The third-order valence-corrected chi connectivity index (χ3v) is 0.667. The van der Waals surface area contributed by atoms with Gasteiger partial charge in [-0.25, -0.2) is 4.79 Å². The normalized spacial score (nSPS) is 12.9. The number of halogens is 1. The van der Waals surface area contributed by atoms with Crippen LogP contribution in [0.3, 0.4) is 0 Å². The van der Waals surface area contributed by atoms with Crippen molar-refractivity contribution in [2.24, 2.45) is 0 Å². The summed E-state index contributed by atoms with van der Waals surface area (Å²) in [7, 11) is 1.16. The number of ether oxygens (including phenoxy) is 1. The number of methoxy groups -OCH3 is 1. The first-order chi connectivity index (χ1) is 3.72. The van der Waals surface area contributed by atoms with Gasteiger partial charge in [-0.15, -0.1) is 0 Å². The second-order valence-electron chi connectivity index (χ2n) is 1.25. The highest BCUT2D eigenvalue weighted by Crippen LogP contribution is 1.91. The lowest BCUT2D eigenvalue weighted by Crippen LogP contribution is -2.18. The Morgan fingerprint density at radius 1 is 1.75 bits per heavy atom. The van der Waals surface area contributed by atoms with Crippen LogP contribution in [0.4, 0.5) is 4.53 Å². The van der Waals surface area contributed by atoms with E-state index in [0.29, 0.717) is 0 Å². The van der Waals surface area contributed by atoms with E-state index in [4.69, 9.17) is 0 Å². The summed E-state index contributed by atoms with van der Waals surface area (Å²) >= 11 is 0. The summed E-state index contributed by atoms with van der Waals surface area (Å²) in [6, 6.07) is 0. The fraction of sp³-hybridized carbons (Fsp3) is 0.750. The lowest BCUT2D eigenvalue weighted by molar-refractivity contribution is -0.197. The van der Waals surface area contributed by atoms with Gasteiger partial charge in [0.15, 0.2) is 6.10 Å². The highest BCUT2D eigenvalue weighted by atomic mass is 19.3. The largest absolute Gasteiger partial charge is 0.467 e. The standard InChI is InChI=1S/C4H7FO3/c1-3(8-5)4(6)7-2/h3H,1-2H3. The Kier molecular flexibility index (Phi) is 3.10. The molecule has 0 bridgehead atoms. The monoisotopic (exact) mass is 122 g/mol. The van der Waals surface area contributed by atoms with Crippen molar-refractivity contribution in [2.75, 3.05) is 7.11 Å². The van der Waals surface area contributed by atoms with Crippen LogP contribution in [0.5, 0.6) is 0 Å². The van der Waals surface area contributed by atoms with Crippen LogP contribution in [-0.4, -0.2) is 19.2 Å². The molecule has 0 N–H and O–H groups in total. The van der Waals surface area contributed by atoms with Crippen LogP contribution in [0.25, 0.3) is 0 Å². The Morgan fingerprint density at radius 2 is 2.25 bits per heavy atom. The van der Waals surface area contributed by atoms with Crippen LogP contribution < -0.4 is 0 Å². The van der Waals surface area contributed by atoms with Gasteiger partial charge in [0.05, 0.1) is 7.11 Å². The van der Waals surface area contributed by atoms with Crippen molar-refractivity contribution < 1.29 is 19.0 Å². The topological polar surface area (TPSA) is 35.5 Å². The lowest BCUT2D eigenvalue weighted by Gasteiger charge is -2.00. The first-order valence-corrected chi connectivity index (χ1v) is 2.07. The van der Waals surface area contributed by atoms with E-state index >= 15 is 0 Å². The molecule has 0 fully saturated rings. The Bertz CT molecular complexity index is 83.4. The molecule has 0 aliphatic rings. The molecule has 8 heavy (non-hydrogen) atoms. The fourth-order valence-electron chi connectivity index (χ4n) is 0.202. The molecule has 0 aliphatic carbocycles. The molecule has 0 amide bonds. The average molecular weight is 122 g/mol. The molecule has 0 spiro atoms. The second kappa shape index (κ2) is 3.37. The first-order valence-electron chi connectivity index (χ1n) is 2.07. The smallest absolute Gasteiger partial charge is 0.338 e. The molecular formula is C4H7FO3. The summed E-state index contributed by atoms with van der Waals surface area (Å²) in [5.41, 5.74) is 0. The molecule has 0 radical (unpaired) electrons. The van der Waals surface area contributed by atoms with Gasteiger partial charge in [0.25, 0.3) is 0 Å². The van der Waals surface area contributed by atoms with Crippen LogP contribution in [0.15, 0.2) is 0 Å². The molecule has 1 atom stereocenters. The number of carbonyl (C=O) groups excluding carboxylic acids is 1. The van der Waals surface area contributed by atoms with E-state index in [1.807, 2.05) is 0 Å². The molecule has 4 heteroatoms. The molecule has 48 valence electrons. The van der Waals surface area contributed by atoms with Crippen molar-refractivity contribution in [3.05, 3.63) is 0 Å². The van der Waals surface area contributed by atoms with Crippen molar-refractivity contribution in [1.29, 1.82) is 0 Å². The molecule has 0 aliphatic heterocycles. The van der Waals surface area contributed by atoms with Gasteiger partial charge in [0.1, 0.15) is 0 Å².